The molecule has 1 saturated heterocycles. The summed E-state index contributed by atoms with van der Waals surface area (Å²) in [4.78, 5) is 42.4. The molecule has 1 aromatic heterocycles. The Morgan fingerprint density at radius 3 is 2.56 bits per heavy atom. The fourth-order valence-electron chi connectivity index (χ4n) is 3.93. The first-order chi connectivity index (χ1) is 15.3. The highest BCUT2D eigenvalue weighted by atomic mass is 79.9. The number of rotatable bonds is 6. The average molecular weight is 495 g/mol. The molecule has 0 bridgehead atoms. The molecule has 2 aromatic carbocycles. The molecule has 0 saturated carbocycles. The Hall–Kier alpha value is -3.26. The van der Waals surface area contributed by atoms with Gasteiger partial charge in [0.1, 0.15) is 6.04 Å². The molecule has 2 heterocycles. The topological polar surface area (TPSA) is 75.5 Å². The van der Waals surface area contributed by atoms with E-state index >= 15 is 0 Å². The molecule has 0 spiro atoms. The quantitative estimate of drug-likeness (QED) is 0.491. The third-order valence-electron chi connectivity index (χ3n) is 5.49. The molecule has 1 atom stereocenters. The number of hydrogen-bond acceptors (Lipinski definition) is 4. The number of halogens is 1. The molecule has 4 rings (SSSR count). The molecule has 0 aliphatic carbocycles. The van der Waals surface area contributed by atoms with Crippen LogP contribution in [0.1, 0.15) is 28.0 Å². The van der Waals surface area contributed by atoms with Crippen molar-refractivity contribution < 1.29 is 14.4 Å². The molecule has 3 aromatic rings. The van der Waals surface area contributed by atoms with E-state index in [0.717, 1.165) is 11.1 Å². The van der Waals surface area contributed by atoms with Crippen LogP contribution in [-0.2, 0) is 23.1 Å². The Bertz CT molecular complexity index is 1170. The number of nitrogens with zero attached hydrogens (tertiary/aromatic N) is 4. The maximum atomic E-state index is 13.5. The van der Waals surface area contributed by atoms with E-state index in [9.17, 15) is 14.4 Å². The van der Waals surface area contributed by atoms with E-state index < -0.39 is 11.9 Å². The number of carbonyl (C=O) groups excluding carboxylic acids is 3. The lowest BCUT2D eigenvalue weighted by atomic mass is 10.1. The Morgan fingerprint density at radius 1 is 1.16 bits per heavy atom. The summed E-state index contributed by atoms with van der Waals surface area (Å²) in [5, 5.41) is 4.26. The molecule has 1 aliphatic heterocycles. The van der Waals surface area contributed by atoms with E-state index in [1.54, 1.807) is 25.4 Å². The second-order valence-electron chi connectivity index (χ2n) is 7.86. The van der Waals surface area contributed by atoms with E-state index in [4.69, 9.17) is 0 Å². The lowest BCUT2D eigenvalue weighted by Crippen LogP contribution is -2.46. The van der Waals surface area contributed by atoms with Gasteiger partial charge in [-0.1, -0.05) is 42.5 Å². The predicted molar refractivity (Wildman–Crippen MR) is 124 cm³/mol. The van der Waals surface area contributed by atoms with Crippen LogP contribution in [0, 0.1) is 6.92 Å². The summed E-state index contributed by atoms with van der Waals surface area (Å²) < 4.78 is 2.08. The van der Waals surface area contributed by atoms with Crippen molar-refractivity contribution in [3.05, 3.63) is 82.1 Å². The molecule has 0 unspecified atom stereocenters. The summed E-state index contributed by atoms with van der Waals surface area (Å²) in [6.07, 6.45) is 2.18. The SMILES string of the molecule is Cc1cccc(N2C(=O)C[C@H](N(CCc3ccccc3)C(=O)c3nn(C)cc3Br)C2=O)c1. The Balaban J connectivity index is 1.65. The van der Waals surface area contributed by atoms with Crippen LogP contribution < -0.4 is 4.90 Å². The van der Waals surface area contributed by atoms with Gasteiger partial charge in [-0.2, -0.15) is 5.10 Å². The maximum absolute atomic E-state index is 13.5. The van der Waals surface area contributed by atoms with Crippen molar-refractivity contribution in [2.45, 2.75) is 25.8 Å². The zero-order valence-corrected chi connectivity index (χ0v) is 19.4. The minimum atomic E-state index is -0.881. The standard InChI is InChI=1S/C24H23BrN4O3/c1-16-7-6-10-18(13-16)29-21(30)14-20(23(29)31)28(12-11-17-8-4-3-5-9-17)24(32)22-19(25)15-27(2)26-22/h3-10,13,15,20H,11-12,14H2,1-2H3/t20-/m0/s1. The summed E-state index contributed by atoms with van der Waals surface area (Å²) >= 11 is 3.38. The highest BCUT2D eigenvalue weighted by Crippen LogP contribution is 2.28. The first-order valence-electron chi connectivity index (χ1n) is 10.3. The fraction of sp³-hybridized carbons (Fsp3) is 0.250. The van der Waals surface area contributed by atoms with Gasteiger partial charge in [0.2, 0.25) is 5.91 Å². The number of hydrogen-bond donors (Lipinski definition) is 0. The van der Waals surface area contributed by atoms with E-state index in [1.165, 1.54) is 14.5 Å². The number of benzene rings is 2. The number of amides is 3. The second kappa shape index (κ2) is 9.08. The molecule has 164 valence electrons. The highest BCUT2D eigenvalue weighted by Gasteiger charge is 2.45. The minimum Gasteiger partial charge on any atom is -0.324 e. The molecule has 1 aliphatic rings. The van der Waals surface area contributed by atoms with Crippen LogP contribution in [0.5, 0.6) is 0 Å². The smallest absolute Gasteiger partial charge is 0.276 e. The summed E-state index contributed by atoms with van der Waals surface area (Å²) in [6.45, 7) is 2.19. The summed E-state index contributed by atoms with van der Waals surface area (Å²) in [6, 6.07) is 16.1. The van der Waals surface area contributed by atoms with E-state index in [1.807, 2.05) is 49.4 Å². The van der Waals surface area contributed by atoms with Gasteiger partial charge in [-0.3, -0.25) is 19.1 Å². The van der Waals surface area contributed by atoms with Gasteiger partial charge in [0.25, 0.3) is 11.8 Å². The normalized spacial score (nSPS) is 16.0. The van der Waals surface area contributed by atoms with Crippen molar-refractivity contribution in [2.75, 3.05) is 11.4 Å². The fourth-order valence-corrected chi connectivity index (χ4v) is 4.48. The van der Waals surface area contributed by atoms with Crippen molar-refractivity contribution in [3.63, 3.8) is 0 Å². The molecular weight excluding hydrogens is 472 g/mol. The minimum absolute atomic E-state index is 0.0578. The summed E-state index contributed by atoms with van der Waals surface area (Å²) in [5.74, 6) is -1.09. The number of carbonyl (C=O) groups is 3. The Labute approximate surface area is 194 Å². The first-order valence-corrected chi connectivity index (χ1v) is 11.1. The predicted octanol–water partition coefficient (Wildman–Crippen LogP) is 3.51. The highest BCUT2D eigenvalue weighted by molar-refractivity contribution is 9.10. The van der Waals surface area contributed by atoms with E-state index in [2.05, 4.69) is 21.0 Å². The largest absolute Gasteiger partial charge is 0.324 e. The van der Waals surface area contributed by atoms with Crippen molar-refractivity contribution in [1.29, 1.82) is 0 Å². The van der Waals surface area contributed by atoms with Crippen LogP contribution >= 0.6 is 15.9 Å². The van der Waals surface area contributed by atoms with Gasteiger partial charge in [0.05, 0.1) is 16.6 Å². The van der Waals surface area contributed by atoms with Gasteiger partial charge in [0.15, 0.2) is 5.69 Å². The molecule has 7 nitrogen and oxygen atoms in total. The van der Waals surface area contributed by atoms with Gasteiger partial charge in [-0.25, -0.2) is 4.90 Å². The zero-order chi connectivity index (χ0) is 22.8. The maximum Gasteiger partial charge on any atom is 0.276 e. The van der Waals surface area contributed by atoms with Crippen molar-refractivity contribution >= 4 is 39.3 Å². The molecule has 0 N–H and O–H groups in total. The van der Waals surface area contributed by atoms with Crippen LogP contribution in [0.15, 0.2) is 65.3 Å². The Kier molecular flexibility index (Phi) is 6.23. The molecule has 8 heteroatoms. The van der Waals surface area contributed by atoms with Crippen LogP contribution in [-0.4, -0.2) is 45.0 Å². The monoisotopic (exact) mass is 494 g/mol. The van der Waals surface area contributed by atoms with Crippen LogP contribution in [0.3, 0.4) is 0 Å². The Morgan fingerprint density at radius 2 is 1.91 bits per heavy atom. The second-order valence-corrected chi connectivity index (χ2v) is 8.71. The number of anilines is 1. The van der Waals surface area contributed by atoms with Crippen LogP contribution in [0.25, 0.3) is 0 Å². The summed E-state index contributed by atoms with van der Waals surface area (Å²) in [5.41, 5.74) is 2.73. The van der Waals surface area contributed by atoms with Crippen molar-refractivity contribution in [3.8, 4) is 0 Å². The molecule has 1 fully saturated rings. The molecular formula is C24H23BrN4O3. The summed E-state index contributed by atoms with van der Waals surface area (Å²) in [7, 11) is 1.72. The average Bonchev–Trinajstić information content (AvgIpc) is 3.26. The molecule has 0 radical (unpaired) electrons. The first kappa shape index (κ1) is 22.0. The van der Waals surface area contributed by atoms with Gasteiger partial charge in [-0.15, -0.1) is 0 Å². The van der Waals surface area contributed by atoms with Crippen LogP contribution in [0.4, 0.5) is 5.69 Å². The van der Waals surface area contributed by atoms with Gasteiger partial charge in [0, 0.05) is 19.8 Å². The van der Waals surface area contributed by atoms with Gasteiger partial charge in [-0.05, 0) is 52.5 Å². The zero-order valence-electron chi connectivity index (χ0n) is 17.9. The lowest BCUT2D eigenvalue weighted by molar-refractivity contribution is -0.122. The van der Waals surface area contributed by atoms with Crippen molar-refractivity contribution in [2.24, 2.45) is 7.05 Å². The van der Waals surface area contributed by atoms with Gasteiger partial charge >= 0.3 is 0 Å². The van der Waals surface area contributed by atoms with Crippen LogP contribution in [0.2, 0.25) is 0 Å². The number of imide groups is 1. The number of aryl methyl sites for hydroxylation is 2. The number of aromatic nitrogens is 2. The van der Waals surface area contributed by atoms with E-state index in [0.29, 0.717) is 16.6 Å². The molecule has 32 heavy (non-hydrogen) atoms. The third-order valence-corrected chi connectivity index (χ3v) is 6.07. The lowest BCUT2D eigenvalue weighted by Gasteiger charge is -2.27. The third kappa shape index (κ3) is 4.36. The van der Waals surface area contributed by atoms with Crippen molar-refractivity contribution in [1.82, 2.24) is 14.7 Å². The van der Waals surface area contributed by atoms with E-state index in [-0.39, 0.29) is 30.5 Å². The van der Waals surface area contributed by atoms with Gasteiger partial charge < -0.3 is 4.90 Å². The molecule has 3 amide bonds.